The van der Waals surface area contributed by atoms with Gasteiger partial charge < -0.3 is 11.1 Å². The van der Waals surface area contributed by atoms with Crippen molar-refractivity contribution in [1.29, 1.82) is 0 Å². The lowest BCUT2D eigenvalue weighted by Gasteiger charge is -2.37. The van der Waals surface area contributed by atoms with Gasteiger partial charge in [0.2, 0.25) is 5.91 Å². The van der Waals surface area contributed by atoms with Crippen molar-refractivity contribution in [2.45, 2.75) is 37.8 Å². The molecule has 1 aliphatic heterocycles. The number of amides is 1. The van der Waals surface area contributed by atoms with Crippen molar-refractivity contribution in [1.82, 2.24) is 9.88 Å². The fourth-order valence-corrected chi connectivity index (χ4v) is 4.12. The first-order valence-electron chi connectivity index (χ1n) is 9.02. The van der Waals surface area contributed by atoms with Gasteiger partial charge in [-0.3, -0.25) is 9.69 Å². The van der Waals surface area contributed by atoms with Crippen LogP contribution in [0, 0.1) is 0 Å². The van der Waals surface area contributed by atoms with Crippen molar-refractivity contribution in [2.24, 2.45) is 5.73 Å². The van der Waals surface area contributed by atoms with Crippen LogP contribution < -0.4 is 11.1 Å². The quantitative estimate of drug-likeness (QED) is 0.898. The number of piperidine rings is 1. The van der Waals surface area contributed by atoms with E-state index in [4.69, 9.17) is 5.73 Å². The van der Waals surface area contributed by atoms with Gasteiger partial charge in [0.15, 0.2) is 0 Å². The van der Waals surface area contributed by atoms with Crippen LogP contribution in [0.4, 0.5) is 5.82 Å². The molecular weight excluding hydrogens is 312 g/mol. The van der Waals surface area contributed by atoms with Crippen LogP contribution in [0.25, 0.3) is 0 Å². The summed E-state index contributed by atoms with van der Waals surface area (Å²) in [5.41, 5.74) is 8.85. The molecule has 2 aromatic rings. The summed E-state index contributed by atoms with van der Waals surface area (Å²) in [5.74, 6) is 0.317. The number of likely N-dealkylation sites (tertiary alicyclic amines) is 1. The molecule has 0 unspecified atom stereocenters. The Bertz CT molecular complexity index is 751. The minimum Gasteiger partial charge on any atom is -0.366 e. The molecule has 1 fully saturated rings. The molecule has 2 aliphatic rings. The maximum atomic E-state index is 11.3. The first-order valence-corrected chi connectivity index (χ1v) is 9.02. The molecule has 1 aromatic carbocycles. The number of aromatic nitrogens is 1. The highest BCUT2D eigenvalue weighted by molar-refractivity contribution is 5.93. The third-order valence-corrected chi connectivity index (χ3v) is 5.40. The van der Waals surface area contributed by atoms with Gasteiger partial charge in [0.25, 0.3) is 0 Å². The number of nitrogens with two attached hydrogens (primary N) is 1. The minimum absolute atomic E-state index is 0.355. The fraction of sp³-hybridized carbons (Fsp3) is 0.400. The maximum Gasteiger partial charge on any atom is 0.248 e. The second-order valence-electron chi connectivity index (χ2n) is 7.10. The molecule has 25 heavy (non-hydrogen) atoms. The molecule has 5 nitrogen and oxygen atoms in total. The molecule has 130 valence electrons. The summed E-state index contributed by atoms with van der Waals surface area (Å²) in [7, 11) is 0. The van der Waals surface area contributed by atoms with E-state index in [9.17, 15) is 4.79 Å². The van der Waals surface area contributed by atoms with Crippen molar-refractivity contribution in [2.75, 3.05) is 18.4 Å². The number of rotatable bonds is 4. The Balaban J connectivity index is 1.40. The van der Waals surface area contributed by atoms with Crippen LogP contribution in [-0.4, -0.2) is 41.0 Å². The SMILES string of the molecule is NC(=O)c1ccnc(N[C@@H]2CCCN(C3Cc4ccccc4C3)C2)c1. The highest BCUT2D eigenvalue weighted by atomic mass is 16.1. The molecule has 1 saturated heterocycles. The number of nitrogens with zero attached hydrogens (tertiary/aromatic N) is 2. The van der Waals surface area contributed by atoms with E-state index in [2.05, 4.69) is 39.5 Å². The van der Waals surface area contributed by atoms with Crippen molar-refractivity contribution in [3.05, 3.63) is 59.3 Å². The standard InChI is InChI=1S/C20H24N4O/c21-20(25)16-7-8-22-19(12-16)23-17-6-3-9-24(13-17)18-10-14-4-1-2-5-15(14)11-18/h1-2,4-5,7-8,12,17-18H,3,6,9-11,13H2,(H2,21,25)(H,22,23)/t17-/m1/s1. The number of pyridine rings is 1. The largest absolute Gasteiger partial charge is 0.366 e. The average molecular weight is 336 g/mol. The van der Waals surface area contributed by atoms with Gasteiger partial charge in [-0.25, -0.2) is 4.98 Å². The number of carbonyl (C=O) groups excluding carboxylic acids is 1. The molecule has 3 N–H and O–H groups in total. The summed E-state index contributed by atoms with van der Waals surface area (Å²) in [6.07, 6.45) is 6.24. The molecule has 0 radical (unpaired) electrons. The Kier molecular flexibility index (Phi) is 4.40. The van der Waals surface area contributed by atoms with E-state index in [0.29, 0.717) is 17.6 Å². The van der Waals surface area contributed by atoms with E-state index in [-0.39, 0.29) is 0 Å². The molecule has 1 aliphatic carbocycles. The molecule has 4 rings (SSSR count). The van der Waals surface area contributed by atoms with E-state index in [0.717, 1.165) is 38.2 Å². The number of anilines is 1. The molecule has 1 atom stereocenters. The fourth-order valence-electron chi connectivity index (χ4n) is 4.12. The molecule has 0 bridgehead atoms. The number of benzene rings is 1. The number of nitrogens with one attached hydrogen (secondary N) is 1. The van der Waals surface area contributed by atoms with Crippen LogP contribution in [0.2, 0.25) is 0 Å². The summed E-state index contributed by atoms with van der Waals surface area (Å²) in [6.45, 7) is 2.17. The lowest BCUT2D eigenvalue weighted by molar-refractivity contribution is 0.1000. The number of hydrogen-bond acceptors (Lipinski definition) is 4. The molecule has 1 amide bonds. The van der Waals surface area contributed by atoms with Crippen LogP contribution >= 0.6 is 0 Å². The molecule has 1 aromatic heterocycles. The van der Waals surface area contributed by atoms with Crippen LogP contribution in [0.5, 0.6) is 0 Å². The lowest BCUT2D eigenvalue weighted by Crippen LogP contribution is -2.47. The Morgan fingerprint density at radius 2 is 1.96 bits per heavy atom. The van der Waals surface area contributed by atoms with Crippen molar-refractivity contribution >= 4 is 11.7 Å². The third-order valence-electron chi connectivity index (χ3n) is 5.40. The van der Waals surface area contributed by atoms with Gasteiger partial charge in [0.05, 0.1) is 0 Å². The number of fused-ring (bicyclic) bond motifs is 1. The first kappa shape index (κ1) is 16.1. The summed E-state index contributed by atoms with van der Waals surface area (Å²) < 4.78 is 0. The van der Waals surface area contributed by atoms with Crippen molar-refractivity contribution in [3.63, 3.8) is 0 Å². The second kappa shape index (κ2) is 6.84. The first-order chi connectivity index (χ1) is 12.2. The van der Waals surface area contributed by atoms with Crippen LogP contribution in [-0.2, 0) is 12.8 Å². The Labute approximate surface area is 148 Å². The summed E-state index contributed by atoms with van der Waals surface area (Å²) in [4.78, 5) is 18.3. The minimum atomic E-state index is -0.417. The summed E-state index contributed by atoms with van der Waals surface area (Å²) >= 11 is 0. The van der Waals surface area contributed by atoms with Crippen LogP contribution in [0.1, 0.15) is 34.3 Å². The van der Waals surface area contributed by atoms with Crippen LogP contribution in [0.15, 0.2) is 42.6 Å². The average Bonchev–Trinajstić information content (AvgIpc) is 3.06. The molecule has 5 heteroatoms. The number of carbonyl (C=O) groups is 1. The van der Waals surface area contributed by atoms with E-state index in [1.54, 1.807) is 18.3 Å². The smallest absolute Gasteiger partial charge is 0.248 e. The third kappa shape index (κ3) is 3.51. The highest BCUT2D eigenvalue weighted by Gasteiger charge is 2.30. The van der Waals surface area contributed by atoms with Gasteiger partial charge in [0.1, 0.15) is 5.82 Å². The number of primary amides is 1. The zero-order valence-electron chi connectivity index (χ0n) is 14.3. The molecule has 0 spiro atoms. The van der Waals surface area contributed by atoms with E-state index in [1.807, 2.05) is 0 Å². The van der Waals surface area contributed by atoms with Crippen molar-refractivity contribution < 1.29 is 4.79 Å². The van der Waals surface area contributed by atoms with Crippen LogP contribution in [0.3, 0.4) is 0 Å². The molecular formula is C20H24N4O. The summed E-state index contributed by atoms with van der Waals surface area (Å²) in [6, 6.07) is 13.1. The lowest BCUT2D eigenvalue weighted by atomic mass is 10.0. The van der Waals surface area contributed by atoms with Gasteiger partial charge in [-0.15, -0.1) is 0 Å². The normalized spacial score (nSPS) is 21.0. The molecule has 0 saturated carbocycles. The van der Waals surface area contributed by atoms with Gasteiger partial charge in [-0.2, -0.15) is 0 Å². The topological polar surface area (TPSA) is 71.2 Å². The number of hydrogen-bond donors (Lipinski definition) is 2. The zero-order chi connectivity index (χ0) is 17.2. The monoisotopic (exact) mass is 336 g/mol. The van der Waals surface area contributed by atoms with Gasteiger partial charge in [-0.05, 0) is 55.5 Å². The second-order valence-corrected chi connectivity index (χ2v) is 7.10. The van der Waals surface area contributed by atoms with Gasteiger partial charge >= 0.3 is 0 Å². The molecule has 2 heterocycles. The van der Waals surface area contributed by atoms with E-state index in [1.165, 1.54) is 17.5 Å². The Morgan fingerprint density at radius 1 is 1.20 bits per heavy atom. The highest BCUT2D eigenvalue weighted by Crippen LogP contribution is 2.28. The summed E-state index contributed by atoms with van der Waals surface area (Å²) in [5, 5.41) is 3.49. The maximum absolute atomic E-state index is 11.3. The Hall–Kier alpha value is -2.40. The van der Waals surface area contributed by atoms with E-state index < -0.39 is 5.91 Å². The zero-order valence-corrected chi connectivity index (χ0v) is 14.3. The van der Waals surface area contributed by atoms with E-state index >= 15 is 0 Å². The van der Waals surface area contributed by atoms with Gasteiger partial charge in [-0.1, -0.05) is 24.3 Å². The predicted molar refractivity (Wildman–Crippen MR) is 98.6 cm³/mol. The van der Waals surface area contributed by atoms with Crippen molar-refractivity contribution in [3.8, 4) is 0 Å². The predicted octanol–water partition coefficient (Wildman–Crippen LogP) is 2.22. The Morgan fingerprint density at radius 3 is 2.68 bits per heavy atom. The van der Waals surface area contributed by atoms with Gasteiger partial charge in [0, 0.05) is 30.4 Å².